The summed E-state index contributed by atoms with van der Waals surface area (Å²) in [5, 5.41) is 6.05. The third-order valence-corrected chi connectivity index (χ3v) is 5.25. The zero-order valence-corrected chi connectivity index (χ0v) is 20.3. The van der Waals surface area contributed by atoms with Gasteiger partial charge in [-0.15, -0.1) is 24.0 Å². The summed E-state index contributed by atoms with van der Waals surface area (Å²) < 4.78 is 65.3. The number of guanidine groups is 1. The number of hydrogen-bond acceptors (Lipinski definition) is 5. The molecule has 0 aliphatic rings. The van der Waals surface area contributed by atoms with E-state index in [0.717, 1.165) is 11.8 Å². The predicted molar refractivity (Wildman–Crippen MR) is 123 cm³/mol. The van der Waals surface area contributed by atoms with Gasteiger partial charge in [0.2, 0.25) is 5.88 Å². The molecule has 0 spiro atoms. The maximum absolute atomic E-state index is 12.4. The van der Waals surface area contributed by atoms with Gasteiger partial charge in [0, 0.05) is 38.2 Å². The normalized spacial score (nSPS) is 12.1. The lowest BCUT2D eigenvalue weighted by atomic mass is 10.1. The largest absolute Gasteiger partial charge is 0.468 e. The van der Waals surface area contributed by atoms with E-state index in [1.807, 2.05) is 0 Å². The van der Waals surface area contributed by atoms with Gasteiger partial charge < -0.3 is 15.4 Å². The van der Waals surface area contributed by atoms with Crippen molar-refractivity contribution in [1.82, 2.24) is 15.6 Å². The summed E-state index contributed by atoms with van der Waals surface area (Å²) >= 11 is 0. The summed E-state index contributed by atoms with van der Waals surface area (Å²) in [6.07, 6.45) is -1.94. The second-order valence-electron chi connectivity index (χ2n) is 6.52. The Labute approximate surface area is 196 Å². The minimum absolute atomic E-state index is 0. The predicted octanol–water partition coefficient (Wildman–Crippen LogP) is 3.22. The number of aliphatic imine (C=N–C) groups is 1. The van der Waals surface area contributed by atoms with Crippen molar-refractivity contribution in [2.75, 3.05) is 19.9 Å². The molecule has 1 aromatic carbocycles. The Hall–Kier alpha value is -2.09. The molecule has 0 aliphatic carbocycles. The van der Waals surface area contributed by atoms with Crippen molar-refractivity contribution in [3.05, 3.63) is 53.2 Å². The molecule has 0 amide bonds. The Kier molecular flexibility index (Phi) is 10.0. The number of pyridine rings is 1. The summed E-state index contributed by atoms with van der Waals surface area (Å²) in [5.74, 6) is 0.301. The van der Waals surface area contributed by atoms with Gasteiger partial charge in [-0.1, -0.05) is 18.2 Å². The van der Waals surface area contributed by atoms with E-state index in [0.29, 0.717) is 23.6 Å². The summed E-state index contributed by atoms with van der Waals surface area (Å²) in [6, 6.07) is 8.22. The van der Waals surface area contributed by atoms with Crippen molar-refractivity contribution >= 4 is 39.8 Å². The van der Waals surface area contributed by atoms with E-state index in [1.165, 1.54) is 6.20 Å². The van der Waals surface area contributed by atoms with Gasteiger partial charge in [0.1, 0.15) is 0 Å². The fraction of sp³-hybridized carbons (Fsp3) is 0.368. The van der Waals surface area contributed by atoms with Gasteiger partial charge in [0.05, 0.1) is 4.90 Å². The van der Waals surface area contributed by atoms with E-state index in [2.05, 4.69) is 20.6 Å². The van der Waals surface area contributed by atoms with Crippen LogP contribution in [0.2, 0.25) is 0 Å². The summed E-state index contributed by atoms with van der Waals surface area (Å²) in [5.41, 5.74) is 1.93. The monoisotopic (exact) mass is 572 g/mol. The van der Waals surface area contributed by atoms with E-state index in [-0.39, 0.29) is 41.3 Å². The number of hydrogen-bond donors (Lipinski definition) is 2. The molecule has 0 radical (unpaired) electrons. The second kappa shape index (κ2) is 11.5. The number of sulfone groups is 1. The van der Waals surface area contributed by atoms with Crippen LogP contribution in [0.4, 0.5) is 13.2 Å². The minimum atomic E-state index is -4.45. The van der Waals surface area contributed by atoms with Crippen molar-refractivity contribution in [3.63, 3.8) is 0 Å². The first kappa shape index (κ1) is 26.9. The maximum atomic E-state index is 12.4. The van der Waals surface area contributed by atoms with Crippen LogP contribution in [0.3, 0.4) is 0 Å². The average molecular weight is 572 g/mol. The lowest BCUT2D eigenvalue weighted by Gasteiger charge is -2.15. The zero-order chi connectivity index (χ0) is 22.4. The smallest absolute Gasteiger partial charge is 0.422 e. The minimum Gasteiger partial charge on any atom is -0.468 e. The van der Waals surface area contributed by atoms with Crippen molar-refractivity contribution in [1.29, 1.82) is 0 Å². The Morgan fingerprint density at radius 1 is 1.19 bits per heavy atom. The van der Waals surface area contributed by atoms with Crippen LogP contribution in [0.1, 0.15) is 16.7 Å². The molecule has 0 saturated heterocycles. The Bertz CT molecular complexity index is 1010. The van der Waals surface area contributed by atoms with Crippen LogP contribution in [-0.4, -0.2) is 45.4 Å². The Morgan fingerprint density at radius 2 is 1.87 bits per heavy atom. The fourth-order valence-electron chi connectivity index (χ4n) is 2.66. The van der Waals surface area contributed by atoms with Crippen LogP contribution in [0, 0.1) is 6.92 Å². The first-order valence-electron chi connectivity index (χ1n) is 8.87. The van der Waals surface area contributed by atoms with Crippen molar-refractivity contribution < 1.29 is 26.3 Å². The standard InChI is InChI=1S/C19H23F3N4O3S.HI/c1-13-9-14(6-7-16(13)30(3,27)28)10-25-18(23-2)26-11-15-5-4-8-24-17(15)29-12-19(20,21)22;/h4-9H,10-12H2,1-3H3,(H2,23,25,26);1H. The number of halogens is 4. The number of benzene rings is 1. The van der Waals surface area contributed by atoms with Gasteiger partial charge in [0.25, 0.3) is 0 Å². The topological polar surface area (TPSA) is 92.7 Å². The highest BCUT2D eigenvalue weighted by atomic mass is 127. The van der Waals surface area contributed by atoms with Crippen LogP contribution >= 0.6 is 24.0 Å². The quantitative estimate of drug-likeness (QED) is 0.301. The second-order valence-corrected chi connectivity index (χ2v) is 8.51. The number of rotatable bonds is 7. The van der Waals surface area contributed by atoms with E-state index in [9.17, 15) is 21.6 Å². The molecular formula is C19H24F3IN4O3S. The van der Waals surface area contributed by atoms with Crippen molar-refractivity contribution in [2.24, 2.45) is 4.99 Å². The zero-order valence-electron chi connectivity index (χ0n) is 17.2. The molecule has 1 aromatic heterocycles. The number of aromatic nitrogens is 1. The molecule has 0 fully saturated rings. The van der Waals surface area contributed by atoms with Gasteiger partial charge >= 0.3 is 6.18 Å². The van der Waals surface area contributed by atoms with Crippen LogP contribution in [-0.2, 0) is 22.9 Å². The highest BCUT2D eigenvalue weighted by Gasteiger charge is 2.29. The van der Waals surface area contributed by atoms with E-state index in [1.54, 1.807) is 44.3 Å². The lowest BCUT2D eigenvalue weighted by molar-refractivity contribution is -0.154. The number of nitrogens with one attached hydrogen (secondary N) is 2. The molecule has 0 unspecified atom stereocenters. The Balaban J connectivity index is 0.00000480. The molecule has 31 heavy (non-hydrogen) atoms. The van der Waals surface area contributed by atoms with Gasteiger partial charge in [0.15, 0.2) is 22.4 Å². The summed E-state index contributed by atoms with van der Waals surface area (Å²) in [7, 11) is -1.74. The molecule has 12 heteroatoms. The van der Waals surface area contributed by atoms with E-state index < -0.39 is 22.6 Å². The van der Waals surface area contributed by atoms with Gasteiger partial charge in [-0.3, -0.25) is 4.99 Å². The highest BCUT2D eigenvalue weighted by Crippen LogP contribution is 2.20. The van der Waals surface area contributed by atoms with Gasteiger partial charge in [-0.2, -0.15) is 13.2 Å². The molecular weight excluding hydrogens is 548 g/mol. The molecule has 172 valence electrons. The third-order valence-electron chi connectivity index (χ3n) is 3.99. The summed E-state index contributed by atoms with van der Waals surface area (Å²) in [4.78, 5) is 8.19. The van der Waals surface area contributed by atoms with Crippen molar-refractivity contribution in [3.8, 4) is 5.88 Å². The van der Waals surface area contributed by atoms with Crippen molar-refractivity contribution in [2.45, 2.75) is 31.1 Å². The van der Waals surface area contributed by atoms with Gasteiger partial charge in [-0.25, -0.2) is 13.4 Å². The van der Waals surface area contributed by atoms with Crippen LogP contribution in [0.5, 0.6) is 5.88 Å². The maximum Gasteiger partial charge on any atom is 0.422 e. The fourth-order valence-corrected chi connectivity index (χ4v) is 3.62. The van der Waals surface area contributed by atoms with E-state index in [4.69, 9.17) is 4.74 Å². The molecule has 0 atom stereocenters. The van der Waals surface area contributed by atoms with Crippen LogP contribution in [0.15, 0.2) is 46.4 Å². The van der Waals surface area contributed by atoms with Crippen LogP contribution in [0.25, 0.3) is 0 Å². The summed E-state index contributed by atoms with van der Waals surface area (Å²) in [6.45, 7) is 0.812. The number of aryl methyl sites for hydroxylation is 1. The molecule has 0 aliphatic heterocycles. The first-order chi connectivity index (χ1) is 14.0. The Morgan fingerprint density at radius 3 is 2.45 bits per heavy atom. The first-order valence-corrected chi connectivity index (χ1v) is 10.8. The number of nitrogens with zero attached hydrogens (tertiary/aromatic N) is 2. The number of alkyl halides is 3. The molecule has 0 bridgehead atoms. The molecule has 2 aromatic rings. The molecule has 2 rings (SSSR count). The molecule has 0 saturated carbocycles. The average Bonchev–Trinajstić information content (AvgIpc) is 2.65. The van der Waals surface area contributed by atoms with E-state index >= 15 is 0 Å². The molecule has 7 nitrogen and oxygen atoms in total. The van der Waals surface area contributed by atoms with Gasteiger partial charge in [-0.05, 0) is 30.2 Å². The highest BCUT2D eigenvalue weighted by molar-refractivity contribution is 14.0. The SMILES string of the molecule is CN=C(NCc1ccc(S(C)(=O)=O)c(C)c1)NCc1cccnc1OCC(F)(F)F.I. The van der Waals surface area contributed by atoms with Crippen LogP contribution < -0.4 is 15.4 Å². The lowest BCUT2D eigenvalue weighted by Crippen LogP contribution is -2.36. The molecule has 1 heterocycles. The third kappa shape index (κ3) is 8.89. The number of ether oxygens (including phenoxy) is 1. The molecule has 2 N–H and O–H groups in total.